The molecule has 10 nitrogen and oxygen atoms in total. The fraction of sp³-hybridized carbons (Fsp3) is 0.100. The van der Waals surface area contributed by atoms with Gasteiger partial charge < -0.3 is 20.0 Å². The van der Waals surface area contributed by atoms with Gasteiger partial charge in [0.05, 0.1) is 16.9 Å². The van der Waals surface area contributed by atoms with Gasteiger partial charge in [0.2, 0.25) is 11.7 Å². The molecule has 2 aromatic heterocycles. The van der Waals surface area contributed by atoms with Crippen LogP contribution in [-0.4, -0.2) is 30.8 Å². The molecule has 156 valence electrons. The maximum atomic E-state index is 13.0. The molecular formula is C20H15FN6O4. The summed E-state index contributed by atoms with van der Waals surface area (Å²) in [6.45, 7) is 1.47. The Bertz CT molecular complexity index is 1250. The van der Waals surface area contributed by atoms with Crippen LogP contribution in [0, 0.1) is 22.9 Å². The average Bonchev–Trinajstić information content (AvgIpc) is 3.37. The second kappa shape index (κ2) is 8.14. The first-order valence-electron chi connectivity index (χ1n) is 9.08. The number of halogens is 1. The van der Waals surface area contributed by atoms with Crippen molar-refractivity contribution in [3.8, 4) is 22.8 Å². The van der Waals surface area contributed by atoms with E-state index in [1.165, 1.54) is 22.9 Å². The smallest absolute Gasteiger partial charge is 0.358 e. The number of nitro groups is 1. The lowest BCUT2D eigenvalue weighted by Gasteiger charge is -2.05. The van der Waals surface area contributed by atoms with Gasteiger partial charge in [0.25, 0.3) is 5.89 Å². The summed E-state index contributed by atoms with van der Waals surface area (Å²) in [7, 11) is 0. The van der Waals surface area contributed by atoms with Crippen LogP contribution in [0.4, 0.5) is 15.9 Å². The Morgan fingerprint density at radius 1 is 1.16 bits per heavy atom. The van der Waals surface area contributed by atoms with Gasteiger partial charge in [-0.3, -0.25) is 4.79 Å². The molecule has 0 bridgehead atoms. The summed E-state index contributed by atoms with van der Waals surface area (Å²) < 4.78 is 19.5. The lowest BCUT2D eigenvalue weighted by atomic mass is 10.2. The minimum absolute atomic E-state index is 0.159. The molecule has 0 unspecified atom stereocenters. The Balaban J connectivity index is 1.42. The summed E-state index contributed by atoms with van der Waals surface area (Å²) in [5, 5.41) is 21.2. The van der Waals surface area contributed by atoms with Crippen molar-refractivity contribution in [2.45, 2.75) is 13.5 Å². The number of rotatable bonds is 6. The molecule has 0 aliphatic rings. The standard InChI is InChI=1S/C20H15FN6O4/c1-12-10-17(27(29)30)24-26(12)11-18(28)22-16-8-4-13(5-9-16)19-23-20(31-25-19)14-2-6-15(21)7-3-14/h2-10H,11H2,1H3,(H,22,28). The Morgan fingerprint density at radius 2 is 1.84 bits per heavy atom. The summed E-state index contributed by atoms with van der Waals surface area (Å²) >= 11 is 0. The number of aromatic nitrogens is 4. The van der Waals surface area contributed by atoms with Gasteiger partial charge in [-0.1, -0.05) is 5.16 Å². The quantitative estimate of drug-likeness (QED) is 0.371. The largest absolute Gasteiger partial charge is 0.390 e. The number of amides is 1. The Morgan fingerprint density at radius 3 is 2.48 bits per heavy atom. The number of carbonyl (C=O) groups excluding carboxylic acids is 1. The molecule has 0 atom stereocenters. The average molecular weight is 422 g/mol. The Hall–Kier alpha value is -4.41. The first-order valence-corrected chi connectivity index (χ1v) is 9.08. The highest BCUT2D eigenvalue weighted by molar-refractivity contribution is 5.90. The lowest BCUT2D eigenvalue weighted by Crippen LogP contribution is -2.20. The zero-order chi connectivity index (χ0) is 22.0. The molecule has 2 aromatic carbocycles. The number of anilines is 1. The van der Waals surface area contributed by atoms with Crippen molar-refractivity contribution in [1.29, 1.82) is 0 Å². The monoisotopic (exact) mass is 422 g/mol. The maximum Gasteiger partial charge on any atom is 0.390 e. The fourth-order valence-electron chi connectivity index (χ4n) is 2.83. The molecule has 1 N–H and O–H groups in total. The zero-order valence-electron chi connectivity index (χ0n) is 16.2. The van der Waals surface area contributed by atoms with Gasteiger partial charge in [-0.05, 0) is 60.4 Å². The summed E-state index contributed by atoms with van der Waals surface area (Å²) in [5.74, 6) is -0.448. The maximum absolute atomic E-state index is 13.0. The minimum atomic E-state index is -0.612. The van der Waals surface area contributed by atoms with Crippen molar-refractivity contribution in [3.05, 3.63) is 76.2 Å². The zero-order valence-corrected chi connectivity index (χ0v) is 16.2. The summed E-state index contributed by atoms with van der Waals surface area (Å²) in [6.07, 6.45) is 0. The van der Waals surface area contributed by atoms with Crippen molar-refractivity contribution in [3.63, 3.8) is 0 Å². The second-order valence-corrected chi connectivity index (χ2v) is 6.61. The summed E-state index contributed by atoms with van der Waals surface area (Å²) in [6, 6.07) is 13.7. The minimum Gasteiger partial charge on any atom is -0.358 e. The Kier molecular flexibility index (Phi) is 5.22. The number of hydrogen-bond donors (Lipinski definition) is 1. The van der Waals surface area contributed by atoms with E-state index in [1.54, 1.807) is 43.3 Å². The molecule has 0 fully saturated rings. The van der Waals surface area contributed by atoms with Crippen LogP contribution < -0.4 is 5.32 Å². The molecule has 4 rings (SSSR count). The van der Waals surface area contributed by atoms with Crippen molar-refractivity contribution < 1.29 is 18.6 Å². The number of aryl methyl sites for hydroxylation is 1. The van der Waals surface area contributed by atoms with Crippen molar-refractivity contribution in [2.75, 3.05) is 5.32 Å². The van der Waals surface area contributed by atoms with E-state index in [0.717, 1.165) is 0 Å². The number of nitrogens with zero attached hydrogens (tertiary/aromatic N) is 5. The normalized spacial score (nSPS) is 10.8. The highest BCUT2D eigenvalue weighted by atomic mass is 19.1. The van der Waals surface area contributed by atoms with Crippen LogP contribution in [0.25, 0.3) is 22.8 Å². The molecule has 0 saturated heterocycles. The van der Waals surface area contributed by atoms with Crippen molar-refractivity contribution in [2.24, 2.45) is 0 Å². The van der Waals surface area contributed by atoms with E-state index in [1.807, 2.05) is 0 Å². The number of hydrogen-bond acceptors (Lipinski definition) is 7. The molecule has 31 heavy (non-hydrogen) atoms. The first-order chi connectivity index (χ1) is 14.9. The fourth-order valence-corrected chi connectivity index (χ4v) is 2.83. The molecule has 0 radical (unpaired) electrons. The van der Waals surface area contributed by atoms with E-state index in [9.17, 15) is 19.3 Å². The molecule has 0 aliphatic carbocycles. The van der Waals surface area contributed by atoms with Gasteiger partial charge in [0.15, 0.2) is 0 Å². The van der Waals surface area contributed by atoms with Gasteiger partial charge in [-0.2, -0.15) is 9.67 Å². The van der Waals surface area contributed by atoms with E-state index < -0.39 is 4.92 Å². The van der Waals surface area contributed by atoms with Crippen LogP contribution in [-0.2, 0) is 11.3 Å². The van der Waals surface area contributed by atoms with Gasteiger partial charge in [-0.25, -0.2) is 4.39 Å². The predicted octanol–water partition coefficient (Wildman–Crippen LogP) is 3.59. The molecule has 4 aromatic rings. The summed E-state index contributed by atoms with van der Waals surface area (Å²) in [5.41, 5.74) is 2.29. The highest BCUT2D eigenvalue weighted by Gasteiger charge is 2.17. The molecule has 2 heterocycles. The molecule has 0 spiro atoms. The van der Waals surface area contributed by atoms with E-state index >= 15 is 0 Å². The van der Waals surface area contributed by atoms with E-state index in [-0.39, 0.29) is 30.0 Å². The summed E-state index contributed by atoms with van der Waals surface area (Å²) in [4.78, 5) is 26.7. The third-order valence-corrected chi connectivity index (χ3v) is 4.39. The number of nitrogens with one attached hydrogen (secondary N) is 1. The molecule has 11 heteroatoms. The second-order valence-electron chi connectivity index (χ2n) is 6.61. The topological polar surface area (TPSA) is 129 Å². The van der Waals surface area contributed by atoms with Crippen LogP contribution in [0.1, 0.15) is 5.69 Å². The number of benzene rings is 2. The van der Waals surface area contributed by atoms with Crippen LogP contribution in [0.3, 0.4) is 0 Å². The molecule has 0 aliphatic heterocycles. The SMILES string of the molecule is Cc1cc([N+](=O)[O-])nn1CC(=O)Nc1ccc(-c2noc(-c3ccc(F)cc3)n2)cc1. The van der Waals surface area contributed by atoms with Gasteiger partial charge in [0.1, 0.15) is 12.4 Å². The van der Waals surface area contributed by atoms with E-state index in [2.05, 4.69) is 20.6 Å². The van der Waals surface area contributed by atoms with Crippen LogP contribution in [0.15, 0.2) is 59.1 Å². The van der Waals surface area contributed by atoms with Crippen LogP contribution >= 0.6 is 0 Å². The molecular weight excluding hydrogens is 407 g/mol. The third-order valence-electron chi connectivity index (χ3n) is 4.39. The van der Waals surface area contributed by atoms with E-state index in [4.69, 9.17) is 4.52 Å². The van der Waals surface area contributed by atoms with Gasteiger partial charge >= 0.3 is 5.82 Å². The Labute approximate surface area is 174 Å². The van der Waals surface area contributed by atoms with E-state index in [0.29, 0.717) is 28.3 Å². The van der Waals surface area contributed by atoms with Crippen LogP contribution in [0.2, 0.25) is 0 Å². The predicted molar refractivity (Wildman–Crippen MR) is 107 cm³/mol. The van der Waals surface area contributed by atoms with Crippen molar-refractivity contribution in [1.82, 2.24) is 19.9 Å². The third kappa shape index (κ3) is 4.45. The molecule has 1 amide bonds. The molecule has 0 saturated carbocycles. The first kappa shape index (κ1) is 19.9. The van der Waals surface area contributed by atoms with Crippen LogP contribution in [0.5, 0.6) is 0 Å². The lowest BCUT2D eigenvalue weighted by molar-refractivity contribution is -0.389. The highest BCUT2D eigenvalue weighted by Crippen LogP contribution is 2.23. The van der Waals surface area contributed by atoms with Crippen molar-refractivity contribution >= 4 is 17.4 Å². The number of carbonyl (C=O) groups is 1. The van der Waals surface area contributed by atoms with Gasteiger partial charge in [0, 0.05) is 16.8 Å². The van der Waals surface area contributed by atoms with Gasteiger partial charge in [-0.15, -0.1) is 0 Å².